The van der Waals surface area contributed by atoms with Crippen molar-refractivity contribution in [1.82, 2.24) is 9.88 Å². The number of pyridine rings is 1. The van der Waals surface area contributed by atoms with E-state index >= 15 is 0 Å². The minimum Gasteiger partial charge on any atom is -0.484 e. The summed E-state index contributed by atoms with van der Waals surface area (Å²) in [5, 5.41) is 14.8. The van der Waals surface area contributed by atoms with Crippen LogP contribution in [0.15, 0.2) is 48.7 Å². The molecule has 2 rings (SSSR count). The van der Waals surface area contributed by atoms with Gasteiger partial charge in [0.15, 0.2) is 6.61 Å². The highest BCUT2D eigenvalue weighted by molar-refractivity contribution is 6.27. The average molecular weight is 374 g/mol. The zero-order chi connectivity index (χ0) is 20.2. The first-order valence-corrected chi connectivity index (χ1v) is 8.09. The Hall–Kier alpha value is -3.42. The zero-order valence-electron chi connectivity index (χ0n) is 15.2. The summed E-state index contributed by atoms with van der Waals surface area (Å²) < 4.78 is 5.49. The predicted molar refractivity (Wildman–Crippen MR) is 97.5 cm³/mol. The van der Waals surface area contributed by atoms with Crippen LogP contribution in [-0.4, -0.2) is 58.1 Å². The molecule has 0 saturated heterocycles. The molecule has 0 aliphatic heterocycles. The van der Waals surface area contributed by atoms with Crippen LogP contribution in [0.5, 0.6) is 5.75 Å². The Morgan fingerprint density at radius 1 is 1.04 bits per heavy atom. The summed E-state index contributed by atoms with van der Waals surface area (Å²) in [6, 6.07) is 13.5. The SMILES string of the molecule is Cc1ccc(OCC(=O)N(C)CCc2ccccn2)cc1.O=C(O)C(=O)O. The van der Waals surface area contributed by atoms with Gasteiger partial charge in [0.25, 0.3) is 5.91 Å². The number of carbonyl (C=O) groups is 3. The van der Waals surface area contributed by atoms with Crippen molar-refractivity contribution in [2.45, 2.75) is 13.3 Å². The second-order valence-corrected chi connectivity index (χ2v) is 5.60. The van der Waals surface area contributed by atoms with Gasteiger partial charge in [-0.05, 0) is 31.2 Å². The largest absolute Gasteiger partial charge is 0.484 e. The number of ether oxygens (including phenoxy) is 1. The normalized spacial score (nSPS) is 9.56. The van der Waals surface area contributed by atoms with Crippen LogP contribution >= 0.6 is 0 Å². The lowest BCUT2D eigenvalue weighted by atomic mass is 10.2. The molecule has 2 aromatic rings. The van der Waals surface area contributed by atoms with Crippen molar-refractivity contribution in [3.05, 3.63) is 59.9 Å². The van der Waals surface area contributed by atoms with Crippen LogP contribution in [-0.2, 0) is 20.8 Å². The third-order valence-corrected chi connectivity index (χ3v) is 3.42. The molecule has 0 saturated carbocycles. The molecule has 0 aliphatic rings. The van der Waals surface area contributed by atoms with Gasteiger partial charge in [-0.1, -0.05) is 23.8 Å². The number of hydrogen-bond acceptors (Lipinski definition) is 5. The van der Waals surface area contributed by atoms with Crippen LogP contribution in [0, 0.1) is 6.92 Å². The van der Waals surface area contributed by atoms with E-state index in [0.717, 1.165) is 12.1 Å². The molecular weight excluding hydrogens is 352 g/mol. The highest BCUT2D eigenvalue weighted by Gasteiger charge is 2.09. The number of aryl methyl sites for hydroxylation is 1. The van der Waals surface area contributed by atoms with Crippen LogP contribution in [0.4, 0.5) is 0 Å². The highest BCUT2D eigenvalue weighted by Crippen LogP contribution is 2.11. The van der Waals surface area contributed by atoms with Crippen LogP contribution in [0.2, 0.25) is 0 Å². The minimum atomic E-state index is -1.82. The van der Waals surface area contributed by atoms with Gasteiger partial charge < -0.3 is 19.8 Å². The Labute approximate surface area is 157 Å². The Bertz CT molecular complexity index is 735. The maximum absolute atomic E-state index is 12.0. The number of nitrogens with zero attached hydrogens (tertiary/aromatic N) is 2. The van der Waals surface area contributed by atoms with E-state index in [2.05, 4.69) is 4.98 Å². The van der Waals surface area contributed by atoms with Crippen molar-refractivity contribution in [3.63, 3.8) is 0 Å². The molecule has 0 fully saturated rings. The molecule has 0 radical (unpaired) electrons. The number of rotatable bonds is 6. The van der Waals surface area contributed by atoms with Crippen molar-refractivity contribution < 1.29 is 29.3 Å². The van der Waals surface area contributed by atoms with E-state index in [1.807, 2.05) is 49.4 Å². The van der Waals surface area contributed by atoms with Gasteiger partial charge in [-0.15, -0.1) is 0 Å². The lowest BCUT2D eigenvalue weighted by molar-refractivity contribution is -0.159. The number of hydrogen-bond donors (Lipinski definition) is 2. The number of likely N-dealkylation sites (N-methyl/N-ethyl adjacent to an activating group) is 1. The Morgan fingerprint density at radius 3 is 2.19 bits per heavy atom. The van der Waals surface area contributed by atoms with E-state index in [1.165, 1.54) is 5.56 Å². The first kappa shape index (κ1) is 21.6. The molecule has 1 aromatic heterocycles. The summed E-state index contributed by atoms with van der Waals surface area (Å²) in [7, 11) is 1.78. The topological polar surface area (TPSA) is 117 Å². The first-order chi connectivity index (χ1) is 12.8. The van der Waals surface area contributed by atoms with Gasteiger partial charge in [0, 0.05) is 31.9 Å². The third-order valence-electron chi connectivity index (χ3n) is 3.42. The number of aromatic nitrogens is 1. The Balaban J connectivity index is 0.000000527. The lowest BCUT2D eigenvalue weighted by Crippen LogP contribution is -2.33. The van der Waals surface area contributed by atoms with E-state index in [1.54, 1.807) is 18.1 Å². The van der Waals surface area contributed by atoms with Crippen molar-refractivity contribution in [3.8, 4) is 5.75 Å². The Morgan fingerprint density at radius 2 is 1.67 bits per heavy atom. The molecule has 144 valence electrons. The van der Waals surface area contributed by atoms with Crippen LogP contribution in [0.3, 0.4) is 0 Å². The van der Waals surface area contributed by atoms with Gasteiger partial charge in [-0.2, -0.15) is 0 Å². The van der Waals surface area contributed by atoms with Crippen molar-refractivity contribution in [1.29, 1.82) is 0 Å². The summed E-state index contributed by atoms with van der Waals surface area (Å²) >= 11 is 0. The molecule has 27 heavy (non-hydrogen) atoms. The van der Waals surface area contributed by atoms with Crippen LogP contribution in [0.25, 0.3) is 0 Å². The quantitative estimate of drug-likeness (QED) is 0.738. The summed E-state index contributed by atoms with van der Waals surface area (Å²) in [5.74, 6) is -2.97. The molecule has 0 spiro atoms. The van der Waals surface area contributed by atoms with E-state index in [0.29, 0.717) is 12.3 Å². The third kappa shape index (κ3) is 9.01. The van der Waals surface area contributed by atoms with Crippen LogP contribution in [0.1, 0.15) is 11.3 Å². The smallest absolute Gasteiger partial charge is 0.414 e. The van der Waals surface area contributed by atoms with Gasteiger partial charge in [-0.25, -0.2) is 9.59 Å². The second-order valence-electron chi connectivity index (χ2n) is 5.60. The fourth-order valence-corrected chi connectivity index (χ4v) is 1.84. The standard InChI is InChI=1S/C17H20N2O2.C2H2O4/c1-14-6-8-16(9-7-14)21-13-17(20)19(2)12-10-15-5-3-4-11-18-15;3-1(4)2(5)6/h3-9,11H,10,12-13H2,1-2H3;(H,3,4)(H,5,6). The van der Waals surface area contributed by atoms with Gasteiger partial charge in [0.2, 0.25) is 0 Å². The zero-order valence-corrected chi connectivity index (χ0v) is 15.2. The van der Waals surface area contributed by atoms with Gasteiger partial charge in [-0.3, -0.25) is 9.78 Å². The Kier molecular flexibility index (Phi) is 9.01. The van der Waals surface area contributed by atoms with Gasteiger partial charge in [0.05, 0.1) is 0 Å². The molecule has 8 heteroatoms. The fraction of sp³-hybridized carbons (Fsp3) is 0.263. The molecule has 8 nitrogen and oxygen atoms in total. The molecular formula is C19H22N2O6. The number of benzene rings is 1. The minimum absolute atomic E-state index is 0.0356. The summed E-state index contributed by atoms with van der Waals surface area (Å²) in [6.45, 7) is 2.70. The number of amides is 1. The molecule has 0 atom stereocenters. The van der Waals surface area contributed by atoms with Gasteiger partial charge >= 0.3 is 11.9 Å². The summed E-state index contributed by atoms with van der Waals surface area (Å²) in [5.41, 5.74) is 2.15. The molecule has 1 heterocycles. The van der Waals surface area contributed by atoms with Gasteiger partial charge in [0.1, 0.15) is 5.75 Å². The maximum Gasteiger partial charge on any atom is 0.414 e. The monoisotopic (exact) mass is 374 g/mol. The fourth-order valence-electron chi connectivity index (χ4n) is 1.84. The first-order valence-electron chi connectivity index (χ1n) is 8.09. The van der Waals surface area contributed by atoms with Crippen molar-refractivity contribution in [2.24, 2.45) is 0 Å². The number of carbonyl (C=O) groups excluding carboxylic acids is 1. The van der Waals surface area contributed by atoms with Crippen LogP contribution < -0.4 is 4.74 Å². The molecule has 1 amide bonds. The number of aliphatic carboxylic acids is 2. The predicted octanol–water partition coefficient (Wildman–Crippen LogP) is 1.63. The molecule has 0 aliphatic carbocycles. The maximum atomic E-state index is 12.0. The van der Waals surface area contributed by atoms with E-state index < -0.39 is 11.9 Å². The number of carboxylic acids is 2. The summed E-state index contributed by atoms with van der Waals surface area (Å²) in [6.07, 6.45) is 2.51. The lowest BCUT2D eigenvalue weighted by Gasteiger charge is -2.17. The second kappa shape index (κ2) is 11.2. The van der Waals surface area contributed by atoms with E-state index in [-0.39, 0.29) is 12.5 Å². The molecule has 0 bridgehead atoms. The molecule has 0 unspecified atom stereocenters. The molecule has 1 aromatic carbocycles. The average Bonchev–Trinajstić information content (AvgIpc) is 2.66. The molecule has 2 N–H and O–H groups in total. The van der Waals surface area contributed by atoms with E-state index in [9.17, 15) is 4.79 Å². The highest BCUT2D eigenvalue weighted by atomic mass is 16.5. The van der Waals surface area contributed by atoms with Crippen molar-refractivity contribution in [2.75, 3.05) is 20.2 Å². The number of carboxylic acid groups (broad SMARTS) is 2. The summed E-state index contributed by atoms with van der Waals surface area (Å²) in [4.78, 5) is 36.1. The van der Waals surface area contributed by atoms with Crippen molar-refractivity contribution >= 4 is 17.8 Å². The van der Waals surface area contributed by atoms with E-state index in [4.69, 9.17) is 24.5 Å².